The van der Waals surface area contributed by atoms with Crippen LogP contribution in [0.3, 0.4) is 0 Å². The fraction of sp³-hybridized carbons (Fsp3) is 1.00. The van der Waals surface area contributed by atoms with Crippen LogP contribution < -0.4 is 11.3 Å². The quantitative estimate of drug-likeness (QED) is 0.485. The van der Waals surface area contributed by atoms with Crippen LogP contribution >= 0.6 is 0 Å². The van der Waals surface area contributed by atoms with Gasteiger partial charge in [-0.1, -0.05) is 6.42 Å². The van der Waals surface area contributed by atoms with E-state index >= 15 is 0 Å². The second-order valence-corrected chi connectivity index (χ2v) is 3.82. The summed E-state index contributed by atoms with van der Waals surface area (Å²) >= 11 is 0. The van der Waals surface area contributed by atoms with Crippen molar-refractivity contribution < 1.29 is 0 Å². The van der Waals surface area contributed by atoms with Gasteiger partial charge in [0.05, 0.1) is 0 Å². The Morgan fingerprint density at radius 3 is 2.42 bits per heavy atom. The molecule has 1 heterocycles. The maximum atomic E-state index is 5.26. The van der Waals surface area contributed by atoms with Crippen LogP contribution in [0.1, 0.15) is 33.1 Å². The van der Waals surface area contributed by atoms with Gasteiger partial charge in [0.15, 0.2) is 0 Å². The maximum Gasteiger partial charge on any atom is 0.0225 e. The highest BCUT2D eigenvalue weighted by Crippen LogP contribution is 2.21. The van der Waals surface area contributed by atoms with E-state index < -0.39 is 0 Å². The molecular formula is C9H21N3. The van der Waals surface area contributed by atoms with Crippen molar-refractivity contribution in [2.45, 2.75) is 45.2 Å². The van der Waals surface area contributed by atoms with Crippen LogP contribution in [0.2, 0.25) is 0 Å². The number of nitrogens with zero attached hydrogens (tertiary/aromatic N) is 1. The Balaban J connectivity index is 2.34. The van der Waals surface area contributed by atoms with Crippen LogP contribution in [0.4, 0.5) is 0 Å². The molecule has 0 aromatic rings. The van der Waals surface area contributed by atoms with Crippen molar-refractivity contribution in [2.75, 3.05) is 13.1 Å². The lowest BCUT2D eigenvalue weighted by Gasteiger charge is -2.38. The van der Waals surface area contributed by atoms with Gasteiger partial charge in [-0.15, -0.1) is 0 Å². The van der Waals surface area contributed by atoms with Crippen LogP contribution in [0.15, 0.2) is 0 Å². The molecule has 3 N–H and O–H groups in total. The Morgan fingerprint density at radius 1 is 1.33 bits per heavy atom. The van der Waals surface area contributed by atoms with Crippen molar-refractivity contribution in [1.29, 1.82) is 0 Å². The average molecular weight is 171 g/mol. The smallest absolute Gasteiger partial charge is 0.0225 e. The van der Waals surface area contributed by atoms with Gasteiger partial charge in [-0.05, 0) is 26.7 Å². The lowest BCUT2D eigenvalue weighted by atomic mass is 9.98. The zero-order valence-corrected chi connectivity index (χ0v) is 8.21. The Bertz CT molecular complexity index is 117. The zero-order valence-electron chi connectivity index (χ0n) is 8.21. The second kappa shape index (κ2) is 4.80. The number of hydrazine groups is 1. The summed E-state index contributed by atoms with van der Waals surface area (Å²) in [5, 5.41) is 0. The molecular weight excluding hydrogens is 150 g/mol. The fourth-order valence-corrected chi connectivity index (χ4v) is 2.11. The van der Waals surface area contributed by atoms with Gasteiger partial charge >= 0.3 is 0 Å². The molecule has 3 heteroatoms. The molecule has 3 nitrogen and oxygen atoms in total. The van der Waals surface area contributed by atoms with E-state index in [1.165, 1.54) is 19.3 Å². The van der Waals surface area contributed by atoms with Crippen molar-refractivity contribution in [1.82, 2.24) is 10.3 Å². The summed E-state index contributed by atoms with van der Waals surface area (Å²) in [6, 6.07) is 1.48. The summed E-state index contributed by atoms with van der Waals surface area (Å²) < 4.78 is 0. The molecule has 0 aromatic carbocycles. The van der Waals surface area contributed by atoms with Gasteiger partial charge in [0.25, 0.3) is 0 Å². The normalized spacial score (nSPS) is 32.2. The van der Waals surface area contributed by atoms with E-state index in [1.54, 1.807) is 0 Å². The minimum Gasteiger partial charge on any atom is -0.297 e. The lowest BCUT2D eigenvalue weighted by molar-refractivity contribution is 0.105. The van der Waals surface area contributed by atoms with Crippen molar-refractivity contribution in [3.05, 3.63) is 0 Å². The van der Waals surface area contributed by atoms with Crippen LogP contribution in [0.25, 0.3) is 0 Å². The molecule has 1 saturated heterocycles. The Morgan fingerprint density at radius 2 is 1.92 bits per heavy atom. The Kier molecular flexibility index (Phi) is 3.98. The fourth-order valence-electron chi connectivity index (χ4n) is 2.11. The van der Waals surface area contributed by atoms with E-state index in [0.717, 1.165) is 25.2 Å². The molecule has 0 unspecified atom stereocenters. The average Bonchev–Trinajstić information content (AvgIpc) is 2.04. The maximum absolute atomic E-state index is 5.26. The first kappa shape index (κ1) is 9.96. The number of rotatable bonds is 3. The third-order valence-electron chi connectivity index (χ3n) is 2.89. The first-order valence-corrected chi connectivity index (χ1v) is 4.95. The molecule has 0 spiro atoms. The molecule has 0 aromatic heterocycles. The van der Waals surface area contributed by atoms with Crippen LogP contribution in [0, 0.1) is 0 Å². The summed E-state index contributed by atoms with van der Waals surface area (Å²) in [7, 11) is 0. The Hall–Kier alpha value is -0.120. The molecule has 1 fully saturated rings. The SMILES string of the molecule is C[C@H]1CCC[C@H](C)N1CCNN. The third-order valence-corrected chi connectivity index (χ3v) is 2.89. The third kappa shape index (κ3) is 2.44. The van der Waals surface area contributed by atoms with Crippen LogP contribution in [0.5, 0.6) is 0 Å². The van der Waals surface area contributed by atoms with Crippen LogP contribution in [-0.2, 0) is 0 Å². The second-order valence-electron chi connectivity index (χ2n) is 3.82. The van der Waals surface area contributed by atoms with Crippen molar-refractivity contribution >= 4 is 0 Å². The van der Waals surface area contributed by atoms with E-state index in [9.17, 15) is 0 Å². The molecule has 0 amide bonds. The largest absolute Gasteiger partial charge is 0.297 e. The minimum atomic E-state index is 0.738. The van der Waals surface area contributed by atoms with Gasteiger partial charge in [-0.3, -0.25) is 16.2 Å². The minimum absolute atomic E-state index is 0.738. The van der Waals surface area contributed by atoms with Gasteiger partial charge in [-0.25, -0.2) is 0 Å². The zero-order chi connectivity index (χ0) is 8.97. The molecule has 0 radical (unpaired) electrons. The molecule has 0 bridgehead atoms. The van der Waals surface area contributed by atoms with Gasteiger partial charge in [-0.2, -0.15) is 0 Å². The monoisotopic (exact) mass is 171 g/mol. The van der Waals surface area contributed by atoms with E-state index in [1.807, 2.05) is 0 Å². The highest BCUT2D eigenvalue weighted by molar-refractivity contribution is 4.79. The first-order valence-electron chi connectivity index (χ1n) is 4.95. The summed E-state index contributed by atoms with van der Waals surface area (Å²) in [6.07, 6.45) is 4.07. The number of nitrogens with two attached hydrogens (primary N) is 1. The highest BCUT2D eigenvalue weighted by Gasteiger charge is 2.23. The Labute approximate surface area is 75.3 Å². The molecule has 0 aliphatic carbocycles. The molecule has 1 aliphatic rings. The summed E-state index contributed by atoms with van der Waals surface area (Å²) in [5.74, 6) is 5.26. The van der Waals surface area contributed by atoms with E-state index in [-0.39, 0.29) is 0 Å². The van der Waals surface area contributed by atoms with Gasteiger partial charge in [0.1, 0.15) is 0 Å². The van der Waals surface area contributed by atoms with E-state index in [2.05, 4.69) is 24.2 Å². The first-order chi connectivity index (χ1) is 5.75. The number of nitrogens with one attached hydrogen (secondary N) is 1. The molecule has 12 heavy (non-hydrogen) atoms. The predicted octanol–water partition coefficient (Wildman–Crippen LogP) is 0.713. The molecule has 1 aliphatic heterocycles. The topological polar surface area (TPSA) is 41.3 Å². The standard InChI is InChI=1S/C9H21N3/c1-8-4-3-5-9(2)12(8)7-6-11-10/h8-9,11H,3-7,10H2,1-2H3/t8-,9-/m0/s1. The van der Waals surface area contributed by atoms with E-state index in [0.29, 0.717) is 0 Å². The van der Waals surface area contributed by atoms with Gasteiger partial charge in [0, 0.05) is 25.2 Å². The number of piperidine rings is 1. The highest BCUT2D eigenvalue weighted by atomic mass is 15.3. The molecule has 2 atom stereocenters. The molecule has 0 saturated carbocycles. The number of likely N-dealkylation sites (tertiary alicyclic amines) is 1. The van der Waals surface area contributed by atoms with Crippen molar-refractivity contribution in [2.24, 2.45) is 5.84 Å². The van der Waals surface area contributed by atoms with Gasteiger partial charge in [0.2, 0.25) is 0 Å². The summed E-state index contributed by atoms with van der Waals surface area (Å²) in [6.45, 7) is 6.60. The summed E-state index contributed by atoms with van der Waals surface area (Å²) in [5.41, 5.74) is 2.71. The summed E-state index contributed by atoms with van der Waals surface area (Å²) in [4.78, 5) is 2.54. The van der Waals surface area contributed by atoms with Crippen molar-refractivity contribution in [3.63, 3.8) is 0 Å². The number of hydrogen-bond donors (Lipinski definition) is 2. The number of hydrogen-bond acceptors (Lipinski definition) is 3. The van der Waals surface area contributed by atoms with Gasteiger partial charge < -0.3 is 0 Å². The van der Waals surface area contributed by atoms with Crippen molar-refractivity contribution in [3.8, 4) is 0 Å². The van der Waals surface area contributed by atoms with E-state index in [4.69, 9.17) is 5.84 Å². The lowest BCUT2D eigenvalue weighted by Crippen LogP contribution is -2.47. The molecule has 1 rings (SSSR count). The predicted molar refractivity (Wildman–Crippen MR) is 51.7 cm³/mol. The van der Waals surface area contributed by atoms with Crippen LogP contribution in [-0.4, -0.2) is 30.1 Å². The molecule has 72 valence electrons.